The topological polar surface area (TPSA) is 38.0 Å². The lowest BCUT2D eigenvalue weighted by atomic mass is 9.81. The summed E-state index contributed by atoms with van der Waals surface area (Å²) in [6.07, 6.45) is 14.6. The summed E-state index contributed by atoms with van der Waals surface area (Å²) >= 11 is 0. The summed E-state index contributed by atoms with van der Waals surface area (Å²) in [6.45, 7) is 4.47. The maximum absolute atomic E-state index is 6.78. The fraction of sp³-hybridized carbons (Fsp3) is 0.312. The lowest BCUT2D eigenvalue weighted by molar-refractivity contribution is 0.566. The van der Waals surface area contributed by atoms with E-state index in [1.54, 1.807) is 0 Å². The van der Waals surface area contributed by atoms with Crippen molar-refractivity contribution in [3.63, 3.8) is 0 Å². The van der Waals surface area contributed by atoms with Crippen LogP contribution in [0.1, 0.15) is 68.2 Å². The van der Waals surface area contributed by atoms with E-state index in [0.717, 1.165) is 30.6 Å². The van der Waals surface area contributed by atoms with Crippen LogP contribution < -0.4 is 11.1 Å². The third-order valence-corrected chi connectivity index (χ3v) is 6.81. The van der Waals surface area contributed by atoms with Gasteiger partial charge in [0.1, 0.15) is 0 Å². The van der Waals surface area contributed by atoms with Crippen LogP contribution in [0.15, 0.2) is 91.0 Å². The third kappa shape index (κ3) is 6.07. The zero-order valence-electron chi connectivity index (χ0n) is 20.7. The minimum Gasteiger partial charge on any atom is -0.356 e. The summed E-state index contributed by atoms with van der Waals surface area (Å²) in [7, 11) is 0. The molecule has 0 heterocycles. The van der Waals surface area contributed by atoms with Gasteiger partial charge in [-0.05, 0) is 84.2 Å². The Morgan fingerprint density at radius 2 is 1.26 bits per heavy atom. The van der Waals surface area contributed by atoms with Gasteiger partial charge in [0.2, 0.25) is 0 Å². The van der Waals surface area contributed by atoms with Crippen molar-refractivity contribution in [1.29, 1.82) is 0 Å². The fourth-order valence-corrected chi connectivity index (χ4v) is 4.49. The number of allylic oxidation sites excluding steroid dienone is 2. The standard InChI is InChI=1S/C32H38N2/c1-3-5-7-25-9-15-29(16-10-25)32(33)23-21-28(22-24-32)27-13-19-31(20-14-27)34-30-17-11-26(12-18-30)8-6-4-2/h9-23,34H,3-8,24,33H2,1-2H3. The Hall–Kier alpha value is -3.10. The molecular formula is C32H38N2. The second-order valence-electron chi connectivity index (χ2n) is 9.54. The molecule has 1 unspecified atom stereocenters. The average Bonchev–Trinajstić information content (AvgIpc) is 2.88. The van der Waals surface area contributed by atoms with Crippen molar-refractivity contribution in [3.8, 4) is 0 Å². The van der Waals surface area contributed by atoms with Gasteiger partial charge in [-0.25, -0.2) is 0 Å². The molecule has 2 heteroatoms. The van der Waals surface area contributed by atoms with Crippen molar-refractivity contribution in [3.05, 3.63) is 113 Å². The smallest absolute Gasteiger partial charge is 0.0633 e. The second kappa shape index (κ2) is 11.4. The SMILES string of the molecule is CCCCc1ccc(Nc2ccc(C3=CCC(N)(c4ccc(CCCC)cc4)C=C3)cc2)cc1. The molecular weight excluding hydrogens is 412 g/mol. The van der Waals surface area contributed by atoms with Crippen LogP contribution in [0.2, 0.25) is 0 Å². The van der Waals surface area contributed by atoms with E-state index >= 15 is 0 Å². The highest BCUT2D eigenvalue weighted by Crippen LogP contribution is 2.33. The van der Waals surface area contributed by atoms with E-state index in [9.17, 15) is 0 Å². The minimum atomic E-state index is -0.433. The normalized spacial score (nSPS) is 17.4. The van der Waals surface area contributed by atoms with Crippen molar-refractivity contribution in [1.82, 2.24) is 0 Å². The molecule has 1 atom stereocenters. The summed E-state index contributed by atoms with van der Waals surface area (Å²) in [4.78, 5) is 0. The summed E-state index contributed by atoms with van der Waals surface area (Å²) in [5.74, 6) is 0. The number of benzene rings is 3. The highest BCUT2D eigenvalue weighted by Gasteiger charge is 2.25. The van der Waals surface area contributed by atoms with E-state index in [0.29, 0.717) is 0 Å². The van der Waals surface area contributed by atoms with Gasteiger partial charge >= 0.3 is 0 Å². The van der Waals surface area contributed by atoms with Crippen molar-refractivity contribution >= 4 is 16.9 Å². The van der Waals surface area contributed by atoms with Gasteiger partial charge in [-0.3, -0.25) is 0 Å². The zero-order chi connectivity index (χ0) is 23.8. The van der Waals surface area contributed by atoms with Crippen LogP contribution in [0, 0.1) is 0 Å². The van der Waals surface area contributed by atoms with Gasteiger partial charge in [0.05, 0.1) is 5.54 Å². The van der Waals surface area contributed by atoms with Gasteiger partial charge in [0.25, 0.3) is 0 Å². The molecule has 0 bridgehead atoms. The molecule has 0 saturated carbocycles. The molecule has 3 aromatic rings. The number of hydrogen-bond acceptors (Lipinski definition) is 2. The molecule has 0 aromatic heterocycles. The van der Waals surface area contributed by atoms with Gasteiger partial charge in [0, 0.05) is 11.4 Å². The van der Waals surface area contributed by atoms with Gasteiger partial charge in [0.15, 0.2) is 0 Å². The third-order valence-electron chi connectivity index (χ3n) is 6.81. The van der Waals surface area contributed by atoms with E-state index in [1.807, 2.05) is 0 Å². The van der Waals surface area contributed by atoms with Gasteiger partial charge < -0.3 is 11.1 Å². The number of aryl methyl sites for hydroxylation is 2. The Morgan fingerprint density at radius 3 is 1.76 bits per heavy atom. The van der Waals surface area contributed by atoms with E-state index in [4.69, 9.17) is 5.73 Å². The van der Waals surface area contributed by atoms with Crippen molar-refractivity contribution in [2.45, 2.75) is 64.3 Å². The summed E-state index contributed by atoms with van der Waals surface area (Å²) < 4.78 is 0. The number of hydrogen-bond donors (Lipinski definition) is 2. The monoisotopic (exact) mass is 450 g/mol. The van der Waals surface area contributed by atoms with Gasteiger partial charge in [-0.2, -0.15) is 0 Å². The molecule has 0 aliphatic heterocycles. The maximum atomic E-state index is 6.78. The van der Waals surface area contributed by atoms with Gasteiger partial charge in [-0.1, -0.05) is 93.4 Å². The minimum absolute atomic E-state index is 0.433. The lowest BCUT2D eigenvalue weighted by Crippen LogP contribution is -2.35. The largest absolute Gasteiger partial charge is 0.356 e. The second-order valence-corrected chi connectivity index (χ2v) is 9.54. The maximum Gasteiger partial charge on any atom is 0.0633 e. The van der Waals surface area contributed by atoms with Crippen molar-refractivity contribution in [2.24, 2.45) is 5.73 Å². The van der Waals surface area contributed by atoms with Gasteiger partial charge in [-0.15, -0.1) is 0 Å². The molecule has 3 aromatic carbocycles. The van der Waals surface area contributed by atoms with E-state index in [2.05, 4.69) is 110 Å². The van der Waals surface area contributed by atoms with Crippen LogP contribution in [-0.2, 0) is 18.4 Å². The summed E-state index contributed by atoms with van der Waals surface area (Å²) in [6, 6.07) is 26.3. The van der Waals surface area contributed by atoms with Crippen LogP contribution in [0.3, 0.4) is 0 Å². The van der Waals surface area contributed by atoms with Crippen molar-refractivity contribution < 1.29 is 0 Å². The molecule has 4 rings (SSSR count). The lowest BCUT2D eigenvalue weighted by Gasteiger charge is -2.29. The quantitative estimate of drug-likeness (QED) is 0.326. The fourth-order valence-electron chi connectivity index (χ4n) is 4.49. The molecule has 1 aliphatic carbocycles. The zero-order valence-corrected chi connectivity index (χ0v) is 20.7. The van der Waals surface area contributed by atoms with E-state index in [-0.39, 0.29) is 0 Å². The Bertz CT molecular complexity index is 1110. The molecule has 0 saturated heterocycles. The number of nitrogens with two attached hydrogens (primary N) is 1. The molecule has 0 fully saturated rings. The van der Waals surface area contributed by atoms with Crippen LogP contribution in [0.5, 0.6) is 0 Å². The molecule has 3 N–H and O–H groups in total. The predicted octanol–water partition coefficient (Wildman–Crippen LogP) is 8.31. The molecule has 0 spiro atoms. The number of unbranched alkanes of at least 4 members (excludes halogenated alkanes) is 2. The highest BCUT2D eigenvalue weighted by atomic mass is 14.9. The number of rotatable bonds is 10. The first kappa shape index (κ1) is 24.0. The molecule has 34 heavy (non-hydrogen) atoms. The average molecular weight is 451 g/mol. The predicted molar refractivity (Wildman–Crippen MR) is 147 cm³/mol. The molecule has 2 nitrogen and oxygen atoms in total. The number of anilines is 2. The summed E-state index contributed by atoms with van der Waals surface area (Å²) in [5.41, 5.74) is 15.0. The Kier molecular flexibility index (Phi) is 8.03. The first-order valence-electron chi connectivity index (χ1n) is 12.8. The number of nitrogens with one attached hydrogen (secondary N) is 1. The molecule has 1 aliphatic rings. The van der Waals surface area contributed by atoms with Crippen LogP contribution in [0.25, 0.3) is 5.57 Å². The van der Waals surface area contributed by atoms with Crippen molar-refractivity contribution in [2.75, 3.05) is 5.32 Å². The van der Waals surface area contributed by atoms with E-state index < -0.39 is 5.54 Å². The Morgan fingerprint density at radius 1 is 0.735 bits per heavy atom. The molecule has 176 valence electrons. The van der Waals surface area contributed by atoms with E-state index in [1.165, 1.54) is 53.5 Å². The molecule has 0 amide bonds. The Balaban J connectivity index is 1.37. The first-order chi connectivity index (χ1) is 16.6. The first-order valence-corrected chi connectivity index (χ1v) is 12.8. The molecule has 0 radical (unpaired) electrons. The van der Waals surface area contributed by atoms with Crippen LogP contribution in [0.4, 0.5) is 11.4 Å². The highest BCUT2D eigenvalue weighted by molar-refractivity contribution is 5.77. The van der Waals surface area contributed by atoms with Crippen LogP contribution >= 0.6 is 0 Å². The summed E-state index contributed by atoms with van der Waals surface area (Å²) in [5, 5.41) is 3.51. The Labute approximate surface area is 205 Å². The van der Waals surface area contributed by atoms with Crippen LogP contribution in [-0.4, -0.2) is 0 Å².